The van der Waals surface area contributed by atoms with Crippen LogP contribution in [0.2, 0.25) is 19.6 Å². The minimum Gasteiger partial charge on any atom is -0.512 e. The lowest BCUT2D eigenvalue weighted by Gasteiger charge is -2.28. The van der Waals surface area contributed by atoms with Crippen molar-refractivity contribution < 1.29 is 14.6 Å². The summed E-state index contributed by atoms with van der Waals surface area (Å²) in [6.45, 7) is 14.5. The Kier molecular flexibility index (Phi) is 4.90. The molecule has 1 N–H and O–H groups in total. The van der Waals surface area contributed by atoms with Gasteiger partial charge >= 0.3 is 5.97 Å². The maximum absolute atomic E-state index is 12.2. The summed E-state index contributed by atoms with van der Waals surface area (Å²) in [5.41, 5.74) is 3.51. The summed E-state index contributed by atoms with van der Waals surface area (Å²) in [6.07, 6.45) is 1.05. The van der Waals surface area contributed by atoms with Gasteiger partial charge in [0, 0.05) is 12.8 Å². The average Bonchev–Trinajstić information content (AvgIpc) is 2.17. The molecule has 1 unspecified atom stereocenters. The Bertz CT molecular complexity index is 447. The molecule has 0 radical (unpaired) electrons. The molecule has 0 spiro atoms. The van der Waals surface area contributed by atoms with E-state index in [1.807, 2.05) is 20.8 Å². The summed E-state index contributed by atoms with van der Waals surface area (Å²) >= 11 is 0. The fourth-order valence-corrected chi connectivity index (χ4v) is 3.80. The number of carbonyl (C=O) groups is 1. The highest BCUT2D eigenvalue weighted by Gasteiger charge is 2.30. The Hall–Kier alpha value is -1.03. The normalized spacial score (nSPS) is 23.1. The van der Waals surface area contributed by atoms with Gasteiger partial charge in [-0.2, -0.15) is 0 Å². The molecular formula is C16H28O3Si. The zero-order valence-corrected chi connectivity index (χ0v) is 14.8. The molecule has 0 saturated heterocycles. The lowest BCUT2D eigenvalue weighted by atomic mass is 9.85. The van der Waals surface area contributed by atoms with Crippen LogP contribution in [0.4, 0.5) is 0 Å². The Morgan fingerprint density at radius 1 is 1.35 bits per heavy atom. The third-order valence-corrected chi connectivity index (χ3v) is 4.36. The van der Waals surface area contributed by atoms with Crippen LogP contribution in [-0.4, -0.2) is 24.8 Å². The van der Waals surface area contributed by atoms with Crippen molar-refractivity contribution in [1.29, 1.82) is 0 Å². The van der Waals surface area contributed by atoms with Crippen molar-refractivity contribution in [2.24, 2.45) is 5.92 Å². The van der Waals surface area contributed by atoms with Crippen LogP contribution in [0, 0.1) is 5.92 Å². The summed E-state index contributed by atoms with van der Waals surface area (Å²) in [5, 5.41) is 10.1. The van der Waals surface area contributed by atoms with Gasteiger partial charge in [-0.3, -0.25) is 0 Å². The van der Waals surface area contributed by atoms with Crippen LogP contribution < -0.4 is 0 Å². The second-order valence-electron chi connectivity index (χ2n) is 7.79. The Morgan fingerprint density at radius 3 is 2.35 bits per heavy atom. The average molecular weight is 296 g/mol. The van der Waals surface area contributed by atoms with Gasteiger partial charge in [0.15, 0.2) is 0 Å². The van der Waals surface area contributed by atoms with Gasteiger partial charge in [-0.25, -0.2) is 4.79 Å². The predicted molar refractivity (Wildman–Crippen MR) is 85.3 cm³/mol. The topological polar surface area (TPSA) is 46.5 Å². The number of aliphatic hydroxyl groups is 1. The van der Waals surface area contributed by atoms with E-state index >= 15 is 0 Å². The van der Waals surface area contributed by atoms with Gasteiger partial charge in [0.2, 0.25) is 0 Å². The summed E-state index contributed by atoms with van der Waals surface area (Å²) in [5.74, 6) is 0.107. The highest BCUT2D eigenvalue weighted by molar-refractivity contribution is 6.81. The van der Waals surface area contributed by atoms with Gasteiger partial charge in [0.1, 0.15) is 11.4 Å². The fourth-order valence-electron chi connectivity index (χ4n) is 2.30. The van der Waals surface area contributed by atoms with Gasteiger partial charge in [0.25, 0.3) is 0 Å². The largest absolute Gasteiger partial charge is 0.512 e. The van der Waals surface area contributed by atoms with Crippen LogP contribution in [-0.2, 0) is 9.53 Å². The molecule has 114 valence electrons. The maximum atomic E-state index is 12.2. The van der Waals surface area contributed by atoms with Crippen molar-refractivity contribution in [1.82, 2.24) is 0 Å². The van der Waals surface area contributed by atoms with E-state index in [0.29, 0.717) is 24.3 Å². The predicted octanol–water partition coefficient (Wildman–Crippen LogP) is 4.37. The Labute approximate surface area is 123 Å². The molecule has 1 rings (SSSR count). The SMILES string of the molecule is CC1CC(O)=C(C(=O)OC(C)(C)C)C/C1=C/[Si](C)(C)C. The summed E-state index contributed by atoms with van der Waals surface area (Å²) in [6, 6.07) is 0. The van der Waals surface area contributed by atoms with E-state index in [9.17, 15) is 9.90 Å². The quantitative estimate of drug-likeness (QED) is 0.608. The first-order chi connectivity index (χ1) is 8.89. The van der Waals surface area contributed by atoms with Crippen molar-refractivity contribution in [3.63, 3.8) is 0 Å². The third-order valence-electron chi connectivity index (χ3n) is 3.13. The van der Waals surface area contributed by atoms with Gasteiger partial charge in [-0.05, 0) is 26.7 Å². The first kappa shape index (κ1) is 17.0. The second-order valence-corrected chi connectivity index (χ2v) is 12.8. The van der Waals surface area contributed by atoms with E-state index < -0.39 is 13.7 Å². The molecular weight excluding hydrogens is 268 g/mol. The standard InChI is InChI=1S/C16H28O3Si/c1-11-8-14(17)13(15(18)19-16(2,3)4)9-12(11)10-20(5,6)7/h10-11,17H,8-9H2,1-7H3/b12-10-. The van der Waals surface area contributed by atoms with E-state index in [4.69, 9.17) is 4.74 Å². The summed E-state index contributed by atoms with van der Waals surface area (Å²) in [4.78, 5) is 12.2. The van der Waals surface area contributed by atoms with Crippen LogP contribution in [0.5, 0.6) is 0 Å². The number of hydrogen-bond donors (Lipinski definition) is 1. The number of rotatable bonds is 2. The van der Waals surface area contributed by atoms with Gasteiger partial charge < -0.3 is 9.84 Å². The molecule has 1 atom stereocenters. The lowest BCUT2D eigenvalue weighted by molar-refractivity contribution is -0.150. The molecule has 0 aromatic carbocycles. The van der Waals surface area contributed by atoms with Gasteiger partial charge in [0.05, 0.1) is 13.6 Å². The molecule has 0 amide bonds. The summed E-state index contributed by atoms with van der Waals surface area (Å²) in [7, 11) is -1.34. The van der Waals surface area contributed by atoms with Crippen molar-refractivity contribution in [3.05, 3.63) is 22.6 Å². The number of aliphatic hydroxyl groups excluding tert-OH is 1. The van der Waals surface area contributed by atoms with Crippen molar-refractivity contribution in [3.8, 4) is 0 Å². The van der Waals surface area contributed by atoms with Crippen LogP contribution in [0.15, 0.2) is 22.6 Å². The molecule has 4 heteroatoms. The smallest absolute Gasteiger partial charge is 0.338 e. The van der Waals surface area contributed by atoms with Crippen LogP contribution in [0.1, 0.15) is 40.5 Å². The van der Waals surface area contributed by atoms with Crippen molar-refractivity contribution in [2.45, 2.75) is 65.8 Å². The fraction of sp³-hybridized carbons (Fsp3) is 0.688. The van der Waals surface area contributed by atoms with Crippen molar-refractivity contribution in [2.75, 3.05) is 0 Å². The van der Waals surface area contributed by atoms with E-state index in [-0.39, 0.29) is 11.7 Å². The van der Waals surface area contributed by atoms with E-state index in [0.717, 1.165) is 0 Å². The minimum absolute atomic E-state index is 0.194. The van der Waals surface area contributed by atoms with Crippen molar-refractivity contribution >= 4 is 14.0 Å². The molecule has 0 heterocycles. The van der Waals surface area contributed by atoms with Crippen LogP contribution in [0.25, 0.3) is 0 Å². The number of hydrogen-bond acceptors (Lipinski definition) is 3. The Morgan fingerprint density at radius 2 is 1.90 bits per heavy atom. The third kappa shape index (κ3) is 5.16. The van der Waals surface area contributed by atoms with E-state index in [1.165, 1.54) is 5.57 Å². The molecule has 0 saturated carbocycles. The highest BCUT2D eigenvalue weighted by atomic mass is 28.3. The molecule has 0 aliphatic heterocycles. The maximum Gasteiger partial charge on any atom is 0.338 e. The first-order valence-corrected chi connectivity index (χ1v) is 10.8. The number of carbonyl (C=O) groups excluding carboxylic acids is 1. The zero-order valence-electron chi connectivity index (χ0n) is 13.8. The molecule has 1 aliphatic carbocycles. The first-order valence-electron chi connectivity index (χ1n) is 7.25. The molecule has 3 nitrogen and oxygen atoms in total. The minimum atomic E-state index is -1.34. The number of esters is 1. The van der Waals surface area contributed by atoms with Gasteiger partial charge in [-0.15, -0.1) is 0 Å². The molecule has 0 bridgehead atoms. The monoisotopic (exact) mass is 296 g/mol. The molecule has 0 fully saturated rings. The van der Waals surface area contributed by atoms with E-state index in [2.05, 4.69) is 32.3 Å². The Balaban J connectivity index is 3.00. The number of allylic oxidation sites excluding steroid dienone is 2. The number of ether oxygens (including phenoxy) is 1. The second kappa shape index (κ2) is 5.76. The molecule has 20 heavy (non-hydrogen) atoms. The lowest BCUT2D eigenvalue weighted by Crippen LogP contribution is -2.28. The highest BCUT2D eigenvalue weighted by Crippen LogP contribution is 2.34. The van der Waals surface area contributed by atoms with E-state index in [1.54, 1.807) is 0 Å². The van der Waals surface area contributed by atoms with Gasteiger partial charge in [-0.1, -0.05) is 37.8 Å². The zero-order chi connectivity index (χ0) is 15.7. The molecule has 0 aromatic rings. The van der Waals surface area contributed by atoms with Crippen LogP contribution in [0.3, 0.4) is 0 Å². The van der Waals surface area contributed by atoms with Crippen LogP contribution >= 0.6 is 0 Å². The summed E-state index contributed by atoms with van der Waals surface area (Å²) < 4.78 is 5.39. The molecule has 0 aromatic heterocycles. The molecule has 1 aliphatic rings.